The second-order valence-corrected chi connectivity index (χ2v) is 9.69. The Morgan fingerprint density at radius 1 is 1.13 bits per heavy atom. The molecule has 38 heavy (non-hydrogen) atoms. The van der Waals surface area contributed by atoms with Crippen molar-refractivity contribution < 1.29 is 41.7 Å². The highest BCUT2D eigenvalue weighted by Gasteiger charge is 2.53. The lowest BCUT2D eigenvalue weighted by molar-refractivity contribution is -0.137. The van der Waals surface area contributed by atoms with Gasteiger partial charge in [-0.1, -0.05) is 6.92 Å². The van der Waals surface area contributed by atoms with Crippen molar-refractivity contribution in [2.45, 2.75) is 50.6 Å². The van der Waals surface area contributed by atoms with Gasteiger partial charge in [-0.15, -0.1) is 0 Å². The average molecular weight is 535 g/mol. The standard InChI is InChI=1S/C26H25F4N3O5/c1-13-20(12-23(34)35)33(31-24(13)26(28,29)30)14-3-5-16(6-4-14)38-22-10-15-9-18(22)25(36)32(15)21-11-17(37-2)7-8-19(21)27/h3-8,11,13,15,18,20,22H,9-10,12H2,1-2H3,(H,34,35)/t13-,15+,18-,20-,22?/m0/s1. The largest absolute Gasteiger partial charge is 0.497 e. The van der Waals surface area contributed by atoms with Crippen LogP contribution >= 0.6 is 0 Å². The van der Waals surface area contributed by atoms with Crippen LogP contribution in [0.15, 0.2) is 47.6 Å². The summed E-state index contributed by atoms with van der Waals surface area (Å²) in [6.07, 6.45) is -4.64. The summed E-state index contributed by atoms with van der Waals surface area (Å²) in [5.41, 5.74) is -0.570. The van der Waals surface area contributed by atoms with Crippen molar-refractivity contribution in [3.63, 3.8) is 0 Å². The highest BCUT2D eigenvalue weighted by atomic mass is 19.4. The van der Waals surface area contributed by atoms with Crippen LogP contribution in [0.1, 0.15) is 26.2 Å². The number of carboxylic acid groups (broad SMARTS) is 1. The minimum absolute atomic E-state index is 0.166. The Labute approximate surface area is 215 Å². The monoisotopic (exact) mass is 535 g/mol. The van der Waals surface area contributed by atoms with Gasteiger partial charge in [-0.2, -0.15) is 18.3 Å². The lowest BCUT2D eigenvalue weighted by Crippen LogP contribution is -2.44. The lowest BCUT2D eigenvalue weighted by Gasteiger charge is -2.32. The molecule has 2 bridgehead atoms. The highest BCUT2D eigenvalue weighted by Crippen LogP contribution is 2.45. The van der Waals surface area contributed by atoms with Crippen LogP contribution in [0.5, 0.6) is 11.5 Å². The molecule has 0 aromatic heterocycles. The molecule has 2 aliphatic heterocycles. The third-order valence-electron chi connectivity index (χ3n) is 7.41. The highest BCUT2D eigenvalue weighted by molar-refractivity contribution is 6.00. The molecule has 12 heteroatoms. The van der Waals surface area contributed by atoms with Crippen LogP contribution in [0.3, 0.4) is 0 Å². The van der Waals surface area contributed by atoms with Crippen molar-refractivity contribution >= 4 is 29.0 Å². The van der Waals surface area contributed by atoms with E-state index in [1.165, 1.54) is 49.3 Å². The van der Waals surface area contributed by atoms with Crippen LogP contribution < -0.4 is 19.4 Å². The van der Waals surface area contributed by atoms with Crippen molar-refractivity contribution in [3.05, 3.63) is 48.3 Å². The summed E-state index contributed by atoms with van der Waals surface area (Å²) in [6, 6.07) is 9.11. The molecular formula is C26H25F4N3O5. The zero-order valence-electron chi connectivity index (χ0n) is 20.5. The summed E-state index contributed by atoms with van der Waals surface area (Å²) in [4.78, 5) is 25.8. The van der Waals surface area contributed by atoms with Gasteiger partial charge in [0.15, 0.2) is 0 Å². The zero-order chi connectivity index (χ0) is 27.4. The first-order chi connectivity index (χ1) is 18.0. The molecule has 1 saturated carbocycles. The Bertz CT molecular complexity index is 1280. The number of carbonyl (C=O) groups is 2. The molecule has 5 atom stereocenters. The van der Waals surface area contributed by atoms with E-state index in [2.05, 4.69) is 5.10 Å². The number of halogens is 4. The number of piperidine rings is 1. The molecule has 1 saturated heterocycles. The van der Waals surface area contributed by atoms with Crippen molar-refractivity contribution in [1.29, 1.82) is 0 Å². The van der Waals surface area contributed by atoms with E-state index in [9.17, 15) is 32.3 Å². The summed E-state index contributed by atoms with van der Waals surface area (Å²) in [5, 5.41) is 14.0. The van der Waals surface area contributed by atoms with Gasteiger partial charge < -0.3 is 19.5 Å². The van der Waals surface area contributed by atoms with Gasteiger partial charge >= 0.3 is 12.1 Å². The van der Waals surface area contributed by atoms with Crippen LogP contribution in [0.25, 0.3) is 0 Å². The SMILES string of the molecule is COc1ccc(F)c(N2C(=O)[C@H]3C[C@@H]2CC3Oc2ccc(N3N=C(C(F)(F)F)[C@@H](C)[C@@H]3CC(=O)O)cc2)c1. The Balaban J connectivity index is 1.30. The number of hydrogen-bond acceptors (Lipinski definition) is 6. The first-order valence-electron chi connectivity index (χ1n) is 12.1. The van der Waals surface area contributed by atoms with Gasteiger partial charge in [-0.05, 0) is 42.8 Å². The van der Waals surface area contributed by atoms with Gasteiger partial charge in [0.25, 0.3) is 0 Å². The predicted molar refractivity (Wildman–Crippen MR) is 129 cm³/mol. The minimum Gasteiger partial charge on any atom is -0.497 e. The Kier molecular flexibility index (Phi) is 6.44. The fourth-order valence-corrected chi connectivity index (χ4v) is 5.59. The fraction of sp³-hybridized carbons (Fsp3) is 0.423. The van der Waals surface area contributed by atoms with Crippen LogP contribution in [-0.4, -0.2) is 54.2 Å². The molecule has 1 N–H and O–H groups in total. The molecule has 0 radical (unpaired) electrons. The number of hydrazone groups is 1. The van der Waals surface area contributed by atoms with E-state index in [1.807, 2.05) is 0 Å². The maximum atomic E-state index is 14.5. The number of nitrogens with zero attached hydrogens (tertiary/aromatic N) is 3. The van der Waals surface area contributed by atoms with E-state index < -0.39 is 54.1 Å². The van der Waals surface area contributed by atoms with Crippen molar-refractivity contribution in [3.8, 4) is 11.5 Å². The Hall–Kier alpha value is -3.83. The first kappa shape index (κ1) is 25.8. The smallest absolute Gasteiger partial charge is 0.431 e. The van der Waals surface area contributed by atoms with E-state index in [0.29, 0.717) is 30.0 Å². The normalized spacial score (nSPS) is 26.6. The second kappa shape index (κ2) is 9.48. The third-order valence-corrected chi connectivity index (χ3v) is 7.41. The first-order valence-corrected chi connectivity index (χ1v) is 12.1. The van der Waals surface area contributed by atoms with Crippen LogP contribution in [0, 0.1) is 17.7 Å². The molecule has 2 heterocycles. The molecule has 1 aliphatic carbocycles. The molecule has 202 valence electrons. The molecule has 1 unspecified atom stereocenters. The lowest BCUT2D eigenvalue weighted by atomic mass is 9.94. The van der Waals surface area contributed by atoms with Gasteiger partial charge in [-0.3, -0.25) is 14.6 Å². The topological polar surface area (TPSA) is 91.7 Å². The summed E-state index contributed by atoms with van der Waals surface area (Å²) in [7, 11) is 1.46. The number of carbonyl (C=O) groups excluding carboxylic acids is 1. The van der Waals surface area contributed by atoms with Gasteiger partial charge in [-0.25, -0.2) is 4.39 Å². The molecule has 3 aliphatic rings. The van der Waals surface area contributed by atoms with Crippen molar-refractivity contribution in [2.24, 2.45) is 16.9 Å². The van der Waals surface area contributed by atoms with E-state index in [-0.39, 0.29) is 17.6 Å². The number of benzene rings is 2. The van der Waals surface area contributed by atoms with E-state index in [1.54, 1.807) is 12.1 Å². The average Bonchev–Trinajstić information content (AvgIpc) is 3.51. The molecule has 2 aromatic carbocycles. The molecule has 2 aromatic rings. The molecular weight excluding hydrogens is 510 g/mol. The molecule has 0 spiro atoms. The number of aliphatic carboxylic acids is 1. The van der Waals surface area contributed by atoms with Crippen molar-refractivity contribution in [2.75, 3.05) is 17.0 Å². The second-order valence-electron chi connectivity index (χ2n) is 9.69. The van der Waals surface area contributed by atoms with Gasteiger partial charge in [0, 0.05) is 24.4 Å². The number of hydrogen-bond donors (Lipinski definition) is 1. The number of carboxylic acids is 1. The minimum atomic E-state index is -4.68. The number of fused-ring (bicyclic) bond motifs is 2. The summed E-state index contributed by atoms with van der Waals surface area (Å²) < 4.78 is 66.0. The van der Waals surface area contributed by atoms with E-state index >= 15 is 0 Å². The van der Waals surface area contributed by atoms with Gasteiger partial charge in [0.05, 0.1) is 36.9 Å². The van der Waals surface area contributed by atoms with E-state index in [0.717, 1.165) is 5.01 Å². The maximum absolute atomic E-state index is 14.5. The van der Waals surface area contributed by atoms with Crippen LogP contribution in [-0.2, 0) is 9.59 Å². The number of rotatable bonds is 7. The molecule has 1 amide bonds. The summed E-state index contributed by atoms with van der Waals surface area (Å²) >= 11 is 0. The zero-order valence-corrected chi connectivity index (χ0v) is 20.5. The number of alkyl halides is 3. The fourth-order valence-electron chi connectivity index (χ4n) is 5.59. The number of methoxy groups -OCH3 is 1. The molecule has 8 nitrogen and oxygen atoms in total. The number of anilines is 2. The van der Waals surface area contributed by atoms with Gasteiger partial charge in [0.1, 0.15) is 29.1 Å². The van der Waals surface area contributed by atoms with Crippen molar-refractivity contribution in [1.82, 2.24) is 0 Å². The van der Waals surface area contributed by atoms with Crippen LogP contribution in [0.2, 0.25) is 0 Å². The molecule has 5 rings (SSSR count). The van der Waals surface area contributed by atoms with E-state index in [4.69, 9.17) is 9.47 Å². The predicted octanol–water partition coefficient (Wildman–Crippen LogP) is 4.62. The number of ether oxygens (including phenoxy) is 2. The summed E-state index contributed by atoms with van der Waals surface area (Å²) in [6.45, 7) is 1.31. The Morgan fingerprint density at radius 2 is 1.82 bits per heavy atom. The summed E-state index contributed by atoms with van der Waals surface area (Å²) in [5.74, 6) is -2.74. The Morgan fingerprint density at radius 3 is 2.42 bits per heavy atom. The third kappa shape index (κ3) is 4.52. The van der Waals surface area contributed by atoms with Gasteiger partial charge in [0.2, 0.25) is 5.91 Å². The van der Waals surface area contributed by atoms with Crippen LogP contribution in [0.4, 0.5) is 28.9 Å². The molecule has 2 fully saturated rings. The maximum Gasteiger partial charge on any atom is 0.431 e. The quantitative estimate of drug-likeness (QED) is 0.520. The number of amides is 1.